The van der Waals surface area contributed by atoms with Gasteiger partial charge in [-0.1, -0.05) is 23.7 Å². The smallest absolute Gasteiger partial charge is 0.255 e. The Bertz CT molecular complexity index is 895. The van der Waals surface area contributed by atoms with Crippen LogP contribution in [0.5, 0.6) is 0 Å². The van der Waals surface area contributed by atoms with Crippen LogP contribution in [0.4, 0.5) is 5.69 Å². The van der Waals surface area contributed by atoms with Crippen LogP contribution in [0.2, 0.25) is 5.02 Å². The maximum atomic E-state index is 12.6. The molecule has 0 aliphatic carbocycles. The van der Waals surface area contributed by atoms with Crippen LogP contribution in [0, 0.1) is 6.92 Å². The maximum Gasteiger partial charge on any atom is 0.255 e. The van der Waals surface area contributed by atoms with Gasteiger partial charge in [0.2, 0.25) is 10.0 Å². The largest absolute Gasteiger partial charge is 0.322 e. The van der Waals surface area contributed by atoms with Crippen LogP contribution in [0.25, 0.3) is 0 Å². The zero-order chi connectivity index (χ0) is 18.8. The number of nitrogens with zero attached hydrogens (tertiary/aromatic N) is 1. The fraction of sp³-hybridized carbons (Fsp3) is 0.278. The van der Waals surface area contributed by atoms with Gasteiger partial charge in [-0.3, -0.25) is 4.79 Å². The van der Waals surface area contributed by atoms with E-state index in [1.165, 1.54) is 23.5 Å². The summed E-state index contributed by atoms with van der Waals surface area (Å²) in [5, 5.41) is 3.27. The van der Waals surface area contributed by atoms with E-state index >= 15 is 0 Å². The molecule has 0 aromatic heterocycles. The lowest BCUT2D eigenvalue weighted by Gasteiger charge is -2.21. The number of rotatable bonds is 5. The molecule has 0 bridgehead atoms. The molecule has 0 aliphatic rings. The summed E-state index contributed by atoms with van der Waals surface area (Å²) in [6, 6.07) is 11.0. The molecular weight excluding hydrogens is 360 g/mol. The second-order valence-corrected chi connectivity index (χ2v) is 8.47. The van der Waals surface area contributed by atoms with Crippen LogP contribution in [0.1, 0.15) is 29.8 Å². The first-order valence-corrected chi connectivity index (χ1v) is 9.60. The highest BCUT2D eigenvalue weighted by Crippen LogP contribution is 2.22. The predicted molar refractivity (Wildman–Crippen MR) is 101 cm³/mol. The second-order valence-electron chi connectivity index (χ2n) is 6.06. The summed E-state index contributed by atoms with van der Waals surface area (Å²) in [4.78, 5) is 12.5. The van der Waals surface area contributed by atoms with E-state index in [4.69, 9.17) is 11.6 Å². The molecule has 2 aromatic carbocycles. The minimum atomic E-state index is -3.65. The van der Waals surface area contributed by atoms with Gasteiger partial charge in [0.25, 0.3) is 5.91 Å². The number of aryl methyl sites for hydroxylation is 1. The molecule has 0 spiro atoms. The average molecular weight is 381 g/mol. The third kappa shape index (κ3) is 4.39. The van der Waals surface area contributed by atoms with Crippen molar-refractivity contribution in [2.45, 2.75) is 31.7 Å². The molecule has 0 radical (unpaired) electrons. The monoisotopic (exact) mass is 380 g/mol. The Hall–Kier alpha value is -1.89. The summed E-state index contributed by atoms with van der Waals surface area (Å²) in [7, 11) is -2.13. The third-order valence-electron chi connectivity index (χ3n) is 3.93. The van der Waals surface area contributed by atoms with Gasteiger partial charge in [0.15, 0.2) is 0 Å². The van der Waals surface area contributed by atoms with E-state index in [2.05, 4.69) is 5.32 Å². The summed E-state index contributed by atoms with van der Waals surface area (Å²) in [6.45, 7) is 5.44. The van der Waals surface area contributed by atoms with Crippen LogP contribution in [0.3, 0.4) is 0 Å². The van der Waals surface area contributed by atoms with E-state index in [0.29, 0.717) is 10.7 Å². The number of amides is 1. The minimum Gasteiger partial charge on any atom is -0.322 e. The third-order valence-corrected chi connectivity index (χ3v) is 6.37. The number of halogens is 1. The Morgan fingerprint density at radius 2 is 1.84 bits per heavy atom. The number of hydrogen-bond donors (Lipinski definition) is 1. The molecular formula is C18H21ClN2O3S. The number of carbonyl (C=O) groups excluding carboxylic acids is 1. The maximum absolute atomic E-state index is 12.6. The van der Waals surface area contributed by atoms with Crippen LogP contribution in [0.15, 0.2) is 47.4 Å². The van der Waals surface area contributed by atoms with Crippen LogP contribution in [-0.2, 0) is 10.0 Å². The molecule has 0 saturated heterocycles. The molecule has 0 aliphatic heterocycles. The fourth-order valence-electron chi connectivity index (χ4n) is 2.12. The summed E-state index contributed by atoms with van der Waals surface area (Å²) in [5.41, 5.74) is 1.72. The first kappa shape index (κ1) is 19.4. The van der Waals surface area contributed by atoms with Crippen molar-refractivity contribution in [2.75, 3.05) is 12.4 Å². The van der Waals surface area contributed by atoms with Crippen molar-refractivity contribution in [3.8, 4) is 0 Å². The van der Waals surface area contributed by atoms with Gasteiger partial charge in [0.05, 0.1) is 4.90 Å². The lowest BCUT2D eigenvalue weighted by Crippen LogP contribution is -2.33. The number of nitrogens with one attached hydrogen (secondary N) is 1. The van der Waals surface area contributed by atoms with Crippen molar-refractivity contribution < 1.29 is 13.2 Å². The van der Waals surface area contributed by atoms with Gasteiger partial charge in [-0.25, -0.2) is 8.42 Å². The number of sulfonamides is 1. The molecule has 1 N–H and O–H groups in total. The Balaban J connectivity index is 2.29. The summed E-state index contributed by atoms with van der Waals surface area (Å²) in [6.07, 6.45) is 0. The van der Waals surface area contributed by atoms with Crippen molar-refractivity contribution >= 4 is 33.2 Å². The topological polar surface area (TPSA) is 66.5 Å². The molecule has 0 saturated carbocycles. The zero-order valence-corrected chi connectivity index (χ0v) is 16.1. The second kappa shape index (κ2) is 7.56. The summed E-state index contributed by atoms with van der Waals surface area (Å²) in [5.74, 6) is -0.399. The Labute approximate surface area is 153 Å². The molecule has 25 heavy (non-hydrogen) atoms. The van der Waals surface area contributed by atoms with Crippen LogP contribution in [-0.4, -0.2) is 31.7 Å². The van der Waals surface area contributed by atoms with E-state index in [1.807, 2.05) is 6.92 Å². The number of anilines is 1. The number of hydrogen-bond acceptors (Lipinski definition) is 3. The highest BCUT2D eigenvalue weighted by Gasteiger charge is 2.23. The molecule has 2 aromatic rings. The quantitative estimate of drug-likeness (QED) is 0.854. The minimum absolute atomic E-state index is 0.0817. The van der Waals surface area contributed by atoms with Gasteiger partial charge in [-0.15, -0.1) is 0 Å². The van der Waals surface area contributed by atoms with E-state index in [-0.39, 0.29) is 16.5 Å². The van der Waals surface area contributed by atoms with E-state index in [9.17, 15) is 13.2 Å². The number of carbonyl (C=O) groups is 1. The summed E-state index contributed by atoms with van der Waals surface area (Å²) >= 11 is 6.06. The molecule has 134 valence electrons. The van der Waals surface area contributed by atoms with E-state index < -0.39 is 15.9 Å². The zero-order valence-electron chi connectivity index (χ0n) is 14.6. The van der Waals surface area contributed by atoms with Gasteiger partial charge < -0.3 is 5.32 Å². The molecule has 0 unspecified atom stereocenters. The van der Waals surface area contributed by atoms with Gasteiger partial charge in [0.1, 0.15) is 0 Å². The highest BCUT2D eigenvalue weighted by atomic mass is 35.5. The highest BCUT2D eigenvalue weighted by molar-refractivity contribution is 7.89. The number of benzene rings is 2. The fourth-order valence-corrected chi connectivity index (χ4v) is 3.71. The van der Waals surface area contributed by atoms with Crippen molar-refractivity contribution in [1.29, 1.82) is 0 Å². The molecule has 7 heteroatoms. The van der Waals surface area contributed by atoms with Crippen LogP contribution >= 0.6 is 11.6 Å². The lowest BCUT2D eigenvalue weighted by molar-refractivity contribution is 0.102. The molecule has 5 nitrogen and oxygen atoms in total. The van der Waals surface area contributed by atoms with E-state index in [1.54, 1.807) is 44.2 Å². The first-order chi connectivity index (χ1) is 11.6. The van der Waals surface area contributed by atoms with E-state index in [0.717, 1.165) is 5.56 Å². The Morgan fingerprint density at radius 1 is 1.16 bits per heavy atom. The normalized spacial score (nSPS) is 11.8. The standard InChI is InChI=1S/C18H21ClN2O3S/c1-12(2)21(4)25(23,24)16-7-5-6-14(10-16)18(22)20-15-9-8-13(3)17(19)11-15/h5-12H,1-4H3,(H,20,22). The lowest BCUT2D eigenvalue weighted by atomic mass is 10.2. The van der Waals surface area contributed by atoms with Gasteiger partial charge >= 0.3 is 0 Å². The molecule has 0 heterocycles. The van der Waals surface area contributed by atoms with Gasteiger partial charge in [-0.2, -0.15) is 4.31 Å². The summed E-state index contributed by atoms with van der Waals surface area (Å²) < 4.78 is 26.4. The SMILES string of the molecule is Cc1ccc(NC(=O)c2cccc(S(=O)(=O)N(C)C(C)C)c2)cc1Cl. The molecule has 2 rings (SSSR count). The average Bonchev–Trinajstić information content (AvgIpc) is 2.57. The van der Waals surface area contributed by atoms with Crippen molar-refractivity contribution in [1.82, 2.24) is 4.31 Å². The molecule has 1 amide bonds. The van der Waals surface area contributed by atoms with Gasteiger partial charge in [0, 0.05) is 29.4 Å². The molecule has 0 atom stereocenters. The van der Waals surface area contributed by atoms with Crippen molar-refractivity contribution in [3.63, 3.8) is 0 Å². The van der Waals surface area contributed by atoms with Crippen molar-refractivity contribution in [3.05, 3.63) is 58.6 Å². The van der Waals surface area contributed by atoms with Crippen LogP contribution < -0.4 is 5.32 Å². The molecule has 0 fully saturated rings. The first-order valence-electron chi connectivity index (χ1n) is 7.78. The Morgan fingerprint density at radius 3 is 2.44 bits per heavy atom. The van der Waals surface area contributed by atoms with Gasteiger partial charge in [-0.05, 0) is 56.7 Å². The van der Waals surface area contributed by atoms with Crippen molar-refractivity contribution in [2.24, 2.45) is 0 Å². The predicted octanol–water partition coefficient (Wildman–Crippen LogP) is 3.93. The Kier molecular flexibility index (Phi) is 5.87.